The largest absolute Gasteiger partial charge is 0.497 e. The molecule has 2 N–H and O–H groups in total. The number of aromatic amines is 1. The van der Waals surface area contributed by atoms with Crippen LogP contribution in [0.3, 0.4) is 0 Å². The van der Waals surface area contributed by atoms with Gasteiger partial charge in [0.25, 0.3) is 11.8 Å². The lowest BCUT2D eigenvalue weighted by Gasteiger charge is -2.18. The molecule has 0 radical (unpaired) electrons. The summed E-state index contributed by atoms with van der Waals surface area (Å²) in [5.74, 6) is -0.0904. The van der Waals surface area contributed by atoms with Gasteiger partial charge in [-0.15, -0.1) is 0 Å². The fourth-order valence-corrected chi connectivity index (χ4v) is 4.10. The van der Waals surface area contributed by atoms with Gasteiger partial charge in [-0.25, -0.2) is 4.39 Å². The minimum Gasteiger partial charge on any atom is -0.497 e. The van der Waals surface area contributed by atoms with Crippen molar-refractivity contribution in [3.05, 3.63) is 71.2 Å². The summed E-state index contributed by atoms with van der Waals surface area (Å²) >= 11 is 0. The number of carbonyl (C=O) groups excluding carboxylic acids is 2. The third-order valence-electron chi connectivity index (χ3n) is 5.91. The number of hydrogen-bond acceptors (Lipinski definition) is 6. The molecule has 0 fully saturated rings. The predicted octanol–water partition coefficient (Wildman–Crippen LogP) is 3.34. The Morgan fingerprint density at radius 2 is 1.86 bits per heavy atom. The number of rotatable bonds is 10. The number of nitrogens with zero attached hydrogens (tertiary/aromatic N) is 2. The van der Waals surface area contributed by atoms with Crippen LogP contribution in [0.25, 0.3) is 16.8 Å². The van der Waals surface area contributed by atoms with E-state index < -0.39 is 11.8 Å². The average Bonchev–Trinajstić information content (AvgIpc) is 3.40. The molecule has 2 aromatic carbocycles. The summed E-state index contributed by atoms with van der Waals surface area (Å²) in [7, 11) is 4.94. The Morgan fingerprint density at radius 1 is 1.09 bits per heavy atom. The lowest BCUT2D eigenvalue weighted by atomic mass is 9.97. The summed E-state index contributed by atoms with van der Waals surface area (Å²) in [6, 6.07) is 11.1. The molecule has 1 aliphatic heterocycles. The van der Waals surface area contributed by atoms with Crippen molar-refractivity contribution in [1.29, 1.82) is 0 Å². The maximum absolute atomic E-state index is 13.5. The van der Waals surface area contributed by atoms with Gasteiger partial charge in [-0.3, -0.25) is 19.6 Å². The summed E-state index contributed by atoms with van der Waals surface area (Å²) in [6.45, 7) is 0.823. The normalized spacial score (nSPS) is 13.4. The summed E-state index contributed by atoms with van der Waals surface area (Å²) in [5.41, 5.74) is 3.39. The summed E-state index contributed by atoms with van der Waals surface area (Å²) in [6.07, 6.45) is 2.77. The van der Waals surface area contributed by atoms with E-state index in [1.54, 1.807) is 37.4 Å². The number of amides is 2. The number of aryl methyl sites for hydroxylation is 1. The van der Waals surface area contributed by atoms with E-state index in [9.17, 15) is 14.0 Å². The highest BCUT2D eigenvalue weighted by atomic mass is 19.1. The number of imide groups is 1. The maximum atomic E-state index is 13.5. The number of halogens is 1. The molecule has 0 saturated carbocycles. The fraction of sp³-hybridized carbons (Fsp3) is 0.269. The monoisotopic (exact) mass is 478 g/mol. The van der Waals surface area contributed by atoms with E-state index in [4.69, 9.17) is 9.47 Å². The zero-order chi connectivity index (χ0) is 24.9. The Bertz CT molecular complexity index is 1270. The molecule has 0 spiro atoms. The molecule has 182 valence electrons. The molecule has 2 heterocycles. The lowest BCUT2D eigenvalue weighted by Crippen LogP contribution is -2.30. The van der Waals surface area contributed by atoms with Crippen LogP contribution in [0.2, 0.25) is 0 Å². The first-order chi connectivity index (χ1) is 17.0. The van der Waals surface area contributed by atoms with Gasteiger partial charge in [0.15, 0.2) is 0 Å². The van der Waals surface area contributed by atoms with Crippen LogP contribution in [0.5, 0.6) is 11.5 Å². The first-order valence-corrected chi connectivity index (χ1v) is 11.2. The Hall–Kier alpha value is -3.98. The van der Waals surface area contributed by atoms with E-state index in [1.165, 1.54) is 30.2 Å². The van der Waals surface area contributed by atoms with Crippen molar-refractivity contribution in [2.75, 3.05) is 27.8 Å². The highest BCUT2D eigenvalue weighted by Gasteiger charge is 2.35. The van der Waals surface area contributed by atoms with Crippen molar-refractivity contribution in [3.63, 3.8) is 0 Å². The predicted molar refractivity (Wildman–Crippen MR) is 129 cm³/mol. The van der Waals surface area contributed by atoms with Gasteiger partial charge in [0.05, 0.1) is 26.3 Å². The molecule has 0 unspecified atom stereocenters. The van der Waals surface area contributed by atoms with E-state index in [0.717, 1.165) is 18.7 Å². The number of benzene rings is 2. The number of carbonyl (C=O) groups is 2. The second kappa shape index (κ2) is 10.5. The van der Waals surface area contributed by atoms with Gasteiger partial charge in [0.1, 0.15) is 23.0 Å². The first kappa shape index (κ1) is 24.2. The number of methoxy groups -OCH3 is 2. The zero-order valence-electron chi connectivity index (χ0n) is 19.9. The van der Waals surface area contributed by atoms with Crippen molar-refractivity contribution in [1.82, 2.24) is 20.4 Å². The second-order valence-electron chi connectivity index (χ2n) is 8.11. The van der Waals surface area contributed by atoms with Crippen LogP contribution in [0.1, 0.15) is 23.2 Å². The van der Waals surface area contributed by atoms with Crippen LogP contribution < -0.4 is 14.8 Å². The molecule has 0 saturated heterocycles. The average molecular weight is 479 g/mol. The molecule has 1 aromatic heterocycles. The molecular formula is C26H27FN4O4. The Morgan fingerprint density at radius 3 is 2.54 bits per heavy atom. The first-order valence-electron chi connectivity index (χ1n) is 11.2. The SMILES string of the molecule is CNCCCc1[nH]nc(-c2ccc(F)cc2)c1C1=CC(=O)N(Cc2ccc(OC)cc2OC)C1=O. The van der Waals surface area contributed by atoms with Crippen LogP contribution in [-0.4, -0.2) is 54.7 Å². The van der Waals surface area contributed by atoms with Gasteiger partial charge in [-0.2, -0.15) is 5.10 Å². The molecule has 35 heavy (non-hydrogen) atoms. The van der Waals surface area contributed by atoms with Crippen molar-refractivity contribution < 1.29 is 23.5 Å². The highest BCUT2D eigenvalue weighted by Crippen LogP contribution is 2.35. The summed E-state index contributed by atoms with van der Waals surface area (Å²) < 4.78 is 24.2. The number of aromatic nitrogens is 2. The topological polar surface area (TPSA) is 96.6 Å². The van der Waals surface area contributed by atoms with Crippen LogP contribution in [0.15, 0.2) is 48.5 Å². The van der Waals surface area contributed by atoms with E-state index in [0.29, 0.717) is 40.3 Å². The molecule has 0 aliphatic carbocycles. The Kier molecular flexibility index (Phi) is 7.26. The minimum absolute atomic E-state index is 0.0453. The zero-order valence-corrected chi connectivity index (χ0v) is 19.9. The summed E-state index contributed by atoms with van der Waals surface area (Å²) in [4.78, 5) is 27.7. The van der Waals surface area contributed by atoms with Crippen LogP contribution in [0, 0.1) is 5.82 Å². The summed E-state index contributed by atoms with van der Waals surface area (Å²) in [5, 5.41) is 10.6. The minimum atomic E-state index is -0.424. The number of nitrogens with one attached hydrogen (secondary N) is 2. The standard InChI is InChI=1S/C26H27FN4O4/c1-28-12-4-5-21-24(25(30-29-21)16-6-9-18(27)10-7-16)20-14-23(32)31(26(20)33)15-17-8-11-19(34-2)13-22(17)35-3/h6-11,13-14,28H,4-5,12,15H2,1-3H3,(H,29,30). The molecule has 8 nitrogen and oxygen atoms in total. The van der Waals surface area contributed by atoms with Crippen molar-refractivity contribution in [2.45, 2.75) is 19.4 Å². The van der Waals surface area contributed by atoms with E-state index >= 15 is 0 Å². The number of H-pyrrole nitrogens is 1. The van der Waals surface area contributed by atoms with Gasteiger partial charge < -0.3 is 14.8 Å². The molecule has 0 atom stereocenters. The van der Waals surface area contributed by atoms with Crippen LogP contribution in [0.4, 0.5) is 4.39 Å². The lowest BCUT2D eigenvalue weighted by molar-refractivity contribution is -0.137. The van der Waals surface area contributed by atoms with Crippen LogP contribution in [-0.2, 0) is 22.6 Å². The molecule has 0 bridgehead atoms. The van der Waals surface area contributed by atoms with Crippen molar-refractivity contribution >= 4 is 17.4 Å². The molecule has 1 aliphatic rings. The molecule has 3 aromatic rings. The number of hydrogen-bond donors (Lipinski definition) is 2. The smallest absolute Gasteiger partial charge is 0.261 e. The fourth-order valence-electron chi connectivity index (χ4n) is 4.10. The van der Waals surface area contributed by atoms with E-state index in [-0.39, 0.29) is 17.9 Å². The van der Waals surface area contributed by atoms with Gasteiger partial charge in [-0.1, -0.05) is 0 Å². The third kappa shape index (κ3) is 4.95. The quantitative estimate of drug-likeness (QED) is 0.343. The Balaban J connectivity index is 1.68. The molecule has 2 amide bonds. The van der Waals surface area contributed by atoms with Crippen molar-refractivity contribution in [3.8, 4) is 22.8 Å². The third-order valence-corrected chi connectivity index (χ3v) is 5.91. The van der Waals surface area contributed by atoms with E-state index in [1.807, 2.05) is 7.05 Å². The maximum Gasteiger partial charge on any atom is 0.261 e. The van der Waals surface area contributed by atoms with Gasteiger partial charge >= 0.3 is 0 Å². The molecule has 4 rings (SSSR count). The van der Waals surface area contributed by atoms with Crippen LogP contribution >= 0.6 is 0 Å². The van der Waals surface area contributed by atoms with Gasteiger partial charge in [0, 0.05) is 34.5 Å². The second-order valence-corrected chi connectivity index (χ2v) is 8.11. The van der Waals surface area contributed by atoms with Gasteiger partial charge in [-0.05, 0) is 62.8 Å². The number of ether oxygens (including phenoxy) is 2. The van der Waals surface area contributed by atoms with Crippen molar-refractivity contribution in [2.24, 2.45) is 0 Å². The molecular weight excluding hydrogens is 451 g/mol. The van der Waals surface area contributed by atoms with E-state index in [2.05, 4.69) is 15.5 Å². The Labute approximate surface area is 202 Å². The molecule has 9 heteroatoms. The highest BCUT2D eigenvalue weighted by molar-refractivity contribution is 6.34. The van der Waals surface area contributed by atoms with Gasteiger partial charge in [0.2, 0.25) is 0 Å².